The van der Waals surface area contributed by atoms with E-state index in [9.17, 15) is 9.59 Å². The van der Waals surface area contributed by atoms with Gasteiger partial charge in [-0.25, -0.2) is 4.98 Å². The number of methoxy groups -OCH3 is 1. The highest BCUT2D eigenvalue weighted by Gasteiger charge is 2.26. The van der Waals surface area contributed by atoms with Crippen LogP contribution in [0.5, 0.6) is 0 Å². The number of imidazole rings is 1. The minimum Gasteiger partial charge on any atom is -0.375 e. The van der Waals surface area contributed by atoms with Crippen molar-refractivity contribution in [1.82, 2.24) is 19.8 Å². The molecule has 0 aliphatic heterocycles. The lowest BCUT2D eigenvalue weighted by Gasteiger charge is -2.35. The summed E-state index contributed by atoms with van der Waals surface area (Å²) in [6.45, 7) is 1.71. The van der Waals surface area contributed by atoms with E-state index in [-0.39, 0.29) is 18.4 Å². The number of ether oxygens (including phenoxy) is 1. The number of aryl methyl sites for hydroxylation is 1. The number of fused-ring (bicyclic) bond motifs is 1. The quantitative estimate of drug-likeness (QED) is 0.337. The number of para-hydroxylation sites is 2. The van der Waals surface area contributed by atoms with Gasteiger partial charge in [0.15, 0.2) is 0 Å². The van der Waals surface area contributed by atoms with Gasteiger partial charge in [0.05, 0.1) is 11.0 Å². The highest BCUT2D eigenvalue weighted by molar-refractivity contribution is 5.81. The first-order valence-electron chi connectivity index (χ1n) is 13.7. The highest BCUT2D eigenvalue weighted by atomic mass is 16.5. The smallest absolute Gasteiger partial charge is 0.245 e. The number of hydrogen-bond acceptors (Lipinski definition) is 4. The topological polar surface area (TPSA) is 76.5 Å². The van der Waals surface area contributed by atoms with Crippen molar-refractivity contribution < 1.29 is 14.3 Å². The van der Waals surface area contributed by atoms with Gasteiger partial charge in [0.2, 0.25) is 11.8 Å². The minimum atomic E-state index is -0.0826. The van der Waals surface area contributed by atoms with Crippen LogP contribution in [0, 0.1) is 0 Å². The number of rotatable bonds is 13. The number of carbonyl (C=O) groups is 2. The molecule has 2 aromatic carbocycles. The Hall–Kier alpha value is -3.19. The second-order valence-electron chi connectivity index (χ2n) is 10.00. The molecule has 7 heteroatoms. The van der Waals surface area contributed by atoms with Gasteiger partial charge in [0, 0.05) is 32.7 Å². The lowest BCUT2D eigenvalue weighted by atomic mass is 9.93. The van der Waals surface area contributed by atoms with E-state index in [1.165, 1.54) is 31.9 Å². The number of nitrogens with zero attached hydrogens (tertiary/aromatic N) is 3. The van der Waals surface area contributed by atoms with E-state index in [2.05, 4.69) is 33.0 Å². The van der Waals surface area contributed by atoms with Crippen LogP contribution in [0.15, 0.2) is 54.6 Å². The standard InChI is InChI=1S/C30H40N4O3/c1-37-23-29(35)31-20-12-4-9-19-28-32-26-17-10-11-18-27(26)34(28)22-30(36)33(25-15-7-3-8-16-25)21-24-13-5-2-6-14-24/h2,5-6,10-11,13-14,17-18,25H,3-4,7-9,12,15-16,19-23H2,1H3,(H,31,35). The number of carbonyl (C=O) groups excluding carboxylic acids is 2. The molecule has 3 aromatic rings. The van der Waals surface area contributed by atoms with Crippen molar-refractivity contribution in [2.75, 3.05) is 20.3 Å². The molecule has 1 N–H and O–H groups in total. The van der Waals surface area contributed by atoms with E-state index in [0.29, 0.717) is 25.7 Å². The van der Waals surface area contributed by atoms with Crippen LogP contribution >= 0.6 is 0 Å². The molecular formula is C30H40N4O3. The number of amides is 2. The number of aromatic nitrogens is 2. The maximum absolute atomic E-state index is 13.9. The largest absolute Gasteiger partial charge is 0.375 e. The maximum atomic E-state index is 13.9. The van der Waals surface area contributed by atoms with Crippen molar-refractivity contribution in [1.29, 1.82) is 0 Å². The fraction of sp³-hybridized carbons (Fsp3) is 0.500. The van der Waals surface area contributed by atoms with Crippen LogP contribution < -0.4 is 5.32 Å². The average Bonchev–Trinajstić information content (AvgIpc) is 3.27. The highest BCUT2D eigenvalue weighted by Crippen LogP contribution is 2.26. The molecular weight excluding hydrogens is 464 g/mol. The zero-order valence-electron chi connectivity index (χ0n) is 22.0. The van der Waals surface area contributed by atoms with Gasteiger partial charge in [-0.3, -0.25) is 9.59 Å². The summed E-state index contributed by atoms with van der Waals surface area (Å²) in [6.07, 6.45) is 9.44. The Morgan fingerprint density at radius 2 is 1.76 bits per heavy atom. The summed E-state index contributed by atoms with van der Waals surface area (Å²) in [6, 6.07) is 18.7. The van der Waals surface area contributed by atoms with E-state index in [0.717, 1.165) is 55.4 Å². The van der Waals surface area contributed by atoms with Gasteiger partial charge in [-0.2, -0.15) is 0 Å². The summed E-state index contributed by atoms with van der Waals surface area (Å²) in [7, 11) is 1.52. The summed E-state index contributed by atoms with van der Waals surface area (Å²) < 4.78 is 6.97. The molecule has 198 valence electrons. The van der Waals surface area contributed by atoms with Crippen molar-refractivity contribution in [3.05, 3.63) is 66.0 Å². The molecule has 0 atom stereocenters. The fourth-order valence-electron chi connectivity index (χ4n) is 5.31. The first-order chi connectivity index (χ1) is 18.2. The molecule has 0 unspecified atom stereocenters. The summed E-state index contributed by atoms with van der Waals surface area (Å²) in [5.74, 6) is 1.04. The van der Waals surface area contributed by atoms with Crippen molar-refractivity contribution in [2.24, 2.45) is 0 Å². The van der Waals surface area contributed by atoms with Crippen LogP contribution in [0.3, 0.4) is 0 Å². The molecule has 2 amide bonds. The first-order valence-corrected chi connectivity index (χ1v) is 13.7. The van der Waals surface area contributed by atoms with E-state index < -0.39 is 0 Å². The second-order valence-corrected chi connectivity index (χ2v) is 10.00. The van der Waals surface area contributed by atoms with Gasteiger partial charge in [-0.1, -0.05) is 68.1 Å². The SMILES string of the molecule is COCC(=O)NCCCCCc1nc2ccccc2n1CC(=O)N(Cc1ccccc1)C1CCCCC1. The normalized spacial score (nSPS) is 14.1. The van der Waals surface area contributed by atoms with Crippen molar-refractivity contribution in [2.45, 2.75) is 76.9 Å². The van der Waals surface area contributed by atoms with Gasteiger partial charge < -0.3 is 19.5 Å². The second kappa shape index (κ2) is 13.9. The summed E-state index contributed by atoms with van der Waals surface area (Å²) >= 11 is 0. The molecule has 1 aromatic heterocycles. The Balaban J connectivity index is 1.44. The van der Waals surface area contributed by atoms with E-state index in [1.807, 2.05) is 36.4 Å². The van der Waals surface area contributed by atoms with Gasteiger partial charge in [-0.15, -0.1) is 0 Å². The van der Waals surface area contributed by atoms with Crippen LogP contribution in [-0.4, -0.2) is 52.6 Å². The van der Waals surface area contributed by atoms with E-state index in [1.54, 1.807) is 0 Å². The Bertz CT molecular complexity index is 1140. The Kier molecular flexibility index (Phi) is 10.1. The molecule has 0 bridgehead atoms. The molecule has 0 spiro atoms. The van der Waals surface area contributed by atoms with Crippen LogP contribution in [0.4, 0.5) is 0 Å². The Labute approximate surface area is 220 Å². The van der Waals surface area contributed by atoms with Crippen LogP contribution in [0.2, 0.25) is 0 Å². The van der Waals surface area contributed by atoms with Crippen molar-refractivity contribution in [3.63, 3.8) is 0 Å². The fourth-order valence-corrected chi connectivity index (χ4v) is 5.31. The summed E-state index contributed by atoms with van der Waals surface area (Å²) in [5, 5.41) is 2.87. The van der Waals surface area contributed by atoms with Crippen molar-refractivity contribution in [3.8, 4) is 0 Å². The third-order valence-corrected chi connectivity index (χ3v) is 7.23. The third kappa shape index (κ3) is 7.65. The molecule has 1 aliphatic carbocycles. The van der Waals surface area contributed by atoms with Crippen LogP contribution in [-0.2, 0) is 33.8 Å². The lowest BCUT2D eigenvalue weighted by molar-refractivity contribution is -0.135. The molecule has 1 saturated carbocycles. The lowest BCUT2D eigenvalue weighted by Crippen LogP contribution is -2.42. The molecule has 7 nitrogen and oxygen atoms in total. The summed E-state index contributed by atoms with van der Waals surface area (Å²) in [4.78, 5) is 32.4. The molecule has 37 heavy (non-hydrogen) atoms. The predicted molar refractivity (Wildman–Crippen MR) is 146 cm³/mol. The molecule has 0 saturated heterocycles. The molecule has 1 aliphatic rings. The number of nitrogens with one attached hydrogen (secondary N) is 1. The number of unbranched alkanes of at least 4 members (excludes halogenated alkanes) is 2. The number of hydrogen-bond donors (Lipinski definition) is 1. The zero-order valence-corrected chi connectivity index (χ0v) is 22.0. The minimum absolute atomic E-state index is 0.0826. The van der Waals surface area contributed by atoms with E-state index in [4.69, 9.17) is 9.72 Å². The molecule has 4 rings (SSSR count). The Morgan fingerprint density at radius 1 is 1.00 bits per heavy atom. The first kappa shape index (κ1) is 26.9. The van der Waals surface area contributed by atoms with Crippen molar-refractivity contribution >= 4 is 22.8 Å². The van der Waals surface area contributed by atoms with Crippen LogP contribution in [0.1, 0.15) is 62.8 Å². The molecule has 0 radical (unpaired) electrons. The van der Waals surface area contributed by atoms with Gasteiger partial charge in [0.1, 0.15) is 19.0 Å². The van der Waals surface area contributed by atoms with Gasteiger partial charge >= 0.3 is 0 Å². The third-order valence-electron chi connectivity index (χ3n) is 7.23. The monoisotopic (exact) mass is 504 g/mol. The van der Waals surface area contributed by atoms with Gasteiger partial charge in [0.25, 0.3) is 0 Å². The molecule has 1 heterocycles. The number of benzene rings is 2. The van der Waals surface area contributed by atoms with Gasteiger partial charge in [-0.05, 0) is 43.4 Å². The van der Waals surface area contributed by atoms with E-state index >= 15 is 0 Å². The Morgan fingerprint density at radius 3 is 2.54 bits per heavy atom. The maximum Gasteiger partial charge on any atom is 0.245 e. The molecule has 1 fully saturated rings. The average molecular weight is 505 g/mol. The zero-order chi connectivity index (χ0) is 25.9. The van der Waals surface area contributed by atoms with Crippen LogP contribution in [0.25, 0.3) is 11.0 Å². The predicted octanol–water partition coefficient (Wildman–Crippen LogP) is 4.87. The summed E-state index contributed by atoms with van der Waals surface area (Å²) in [5.41, 5.74) is 3.13.